The molecule has 1 heterocycles. The summed E-state index contributed by atoms with van der Waals surface area (Å²) in [5.74, 6) is 0.0614. The third kappa shape index (κ3) is 2.66. The van der Waals surface area contributed by atoms with Crippen molar-refractivity contribution in [2.24, 2.45) is 5.92 Å². The summed E-state index contributed by atoms with van der Waals surface area (Å²) in [7, 11) is 1.36. The van der Waals surface area contributed by atoms with Gasteiger partial charge in [0.15, 0.2) is 0 Å². The standard InChI is InChI=1S/C14H16BrNO3/c1-9-11(14(18)19-2)4-3-5-12(9)16-8-10(7-15)6-13(16)17/h3-5,10H,6-8H2,1-2H3. The molecule has 1 amide bonds. The van der Waals surface area contributed by atoms with Gasteiger partial charge in [-0.2, -0.15) is 0 Å². The molecule has 0 radical (unpaired) electrons. The van der Waals surface area contributed by atoms with Crippen LogP contribution < -0.4 is 4.90 Å². The van der Waals surface area contributed by atoms with Crippen LogP contribution in [0.4, 0.5) is 5.69 Å². The summed E-state index contributed by atoms with van der Waals surface area (Å²) in [4.78, 5) is 25.5. The van der Waals surface area contributed by atoms with Crippen LogP contribution in [-0.4, -0.2) is 30.9 Å². The third-order valence-electron chi connectivity index (χ3n) is 3.42. The van der Waals surface area contributed by atoms with E-state index < -0.39 is 0 Å². The van der Waals surface area contributed by atoms with Crippen molar-refractivity contribution >= 4 is 33.5 Å². The fraction of sp³-hybridized carbons (Fsp3) is 0.429. The molecule has 102 valence electrons. The molecule has 1 saturated heterocycles. The van der Waals surface area contributed by atoms with Gasteiger partial charge in [-0.15, -0.1) is 0 Å². The average molecular weight is 326 g/mol. The molecule has 0 bridgehead atoms. The Morgan fingerprint density at radius 2 is 2.26 bits per heavy atom. The summed E-state index contributed by atoms with van der Waals surface area (Å²) in [5.41, 5.74) is 2.10. The number of alkyl halides is 1. The number of rotatable bonds is 3. The zero-order chi connectivity index (χ0) is 14.0. The molecule has 0 spiro atoms. The number of hydrogen-bond acceptors (Lipinski definition) is 3. The summed E-state index contributed by atoms with van der Waals surface area (Å²) >= 11 is 3.42. The van der Waals surface area contributed by atoms with Crippen LogP contribution in [0.5, 0.6) is 0 Å². The van der Waals surface area contributed by atoms with E-state index in [2.05, 4.69) is 15.9 Å². The zero-order valence-corrected chi connectivity index (χ0v) is 12.6. The Morgan fingerprint density at radius 1 is 1.53 bits per heavy atom. The highest BCUT2D eigenvalue weighted by Gasteiger charge is 2.31. The summed E-state index contributed by atoms with van der Waals surface area (Å²) in [5, 5.41) is 0.810. The van der Waals surface area contributed by atoms with Gasteiger partial charge in [0.2, 0.25) is 5.91 Å². The van der Waals surface area contributed by atoms with Crippen molar-refractivity contribution in [3.63, 3.8) is 0 Å². The Morgan fingerprint density at radius 3 is 2.84 bits per heavy atom. The van der Waals surface area contributed by atoms with Crippen LogP contribution in [0.25, 0.3) is 0 Å². The van der Waals surface area contributed by atoms with Gasteiger partial charge >= 0.3 is 5.97 Å². The number of amides is 1. The number of hydrogen-bond donors (Lipinski definition) is 0. The third-order valence-corrected chi connectivity index (χ3v) is 4.34. The lowest BCUT2D eigenvalue weighted by Gasteiger charge is -2.20. The quantitative estimate of drug-likeness (QED) is 0.633. The number of carbonyl (C=O) groups is 2. The SMILES string of the molecule is COC(=O)c1cccc(N2CC(CBr)CC2=O)c1C. The van der Waals surface area contributed by atoms with Crippen LogP contribution >= 0.6 is 15.9 Å². The number of benzene rings is 1. The van der Waals surface area contributed by atoms with Gasteiger partial charge in [0.05, 0.1) is 12.7 Å². The van der Waals surface area contributed by atoms with E-state index in [-0.39, 0.29) is 11.9 Å². The summed E-state index contributed by atoms with van der Waals surface area (Å²) < 4.78 is 4.75. The van der Waals surface area contributed by atoms with Crippen molar-refractivity contribution in [3.05, 3.63) is 29.3 Å². The second kappa shape index (κ2) is 5.74. The lowest BCUT2D eigenvalue weighted by Crippen LogP contribution is -2.26. The number of methoxy groups -OCH3 is 1. The molecule has 0 N–H and O–H groups in total. The predicted octanol–water partition coefficient (Wildman–Crippen LogP) is 2.53. The summed E-state index contributed by atoms with van der Waals surface area (Å²) in [6.07, 6.45) is 0.549. The monoisotopic (exact) mass is 325 g/mol. The molecule has 4 nitrogen and oxygen atoms in total. The van der Waals surface area contributed by atoms with E-state index in [9.17, 15) is 9.59 Å². The first-order chi connectivity index (χ1) is 9.08. The smallest absolute Gasteiger partial charge is 0.338 e. The highest BCUT2D eigenvalue weighted by Crippen LogP contribution is 2.30. The van der Waals surface area contributed by atoms with E-state index in [0.29, 0.717) is 24.4 Å². The van der Waals surface area contributed by atoms with E-state index in [1.54, 1.807) is 17.0 Å². The van der Waals surface area contributed by atoms with Crippen LogP contribution in [0.2, 0.25) is 0 Å². The van der Waals surface area contributed by atoms with Crippen LogP contribution in [0.15, 0.2) is 18.2 Å². The zero-order valence-electron chi connectivity index (χ0n) is 11.0. The minimum Gasteiger partial charge on any atom is -0.465 e. The fourth-order valence-electron chi connectivity index (χ4n) is 2.36. The summed E-state index contributed by atoms with van der Waals surface area (Å²) in [6.45, 7) is 2.53. The number of nitrogens with zero attached hydrogens (tertiary/aromatic N) is 1. The molecule has 0 saturated carbocycles. The van der Waals surface area contributed by atoms with E-state index >= 15 is 0 Å². The molecule has 1 fully saturated rings. The fourth-order valence-corrected chi connectivity index (χ4v) is 2.80. The second-order valence-electron chi connectivity index (χ2n) is 4.67. The van der Waals surface area contributed by atoms with Gasteiger partial charge in [0.1, 0.15) is 0 Å². The number of anilines is 1. The van der Waals surface area contributed by atoms with Crippen molar-refractivity contribution in [2.75, 3.05) is 23.9 Å². The Balaban J connectivity index is 2.36. The normalized spacial score (nSPS) is 18.8. The number of esters is 1. The van der Waals surface area contributed by atoms with Gasteiger partial charge in [0, 0.05) is 24.0 Å². The largest absolute Gasteiger partial charge is 0.465 e. The minimum absolute atomic E-state index is 0.106. The maximum Gasteiger partial charge on any atom is 0.338 e. The Hall–Kier alpha value is -1.36. The van der Waals surface area contributed by atoms with Gasteiger partial charge in [-0.25, -0.2) is 4.79 Å². The highest BCUT2D eigenvalue weighted by atomic mass is 79.9. The molecule has 5 heteroatoms. The Labute approximate surface area is 120 Å². The second-order valence-corrected chi connectivity index (χ2v) is 5.32. The molecule has 0 aliphatic carbocycles. The molecule has 1 unspecified atom stereocenters. The maximum atomic E-state index is 12.0. The summed E-state index contributed by atoms with van der Waals surface area (Å²) in [6, 6.07) is 5.37. The average Bonchev–Trinajstić information content (AvgIpc) is 2.79. The highest BCUT2D eigenvalue weighted by molar-refractivity contribution is 9.09. The molecular formula is C14H16BrNO3. The topological polar surface area (TPSA) is 46.6 Å². The van der Waals surface area contributed by atoms with Crippen molar-refractivity contribution in [1.82, 2.24) is 0 Å². The van der Waals surface area contributed by atoms with E-state index in [1.165, 1.54) is 7.11 Å². The first-order valence-electron chi connectivity index (χ1n) is 6.12. The predicted molar refractivity (Wildman–Crippen MR) is 76.8 cm³/mol. The van der Waals surface area contributed by atoms with Crippen molar-refractivity contribution in [3.8, 4) is 0 Å². The minimum atomic E-state index is -0.372. The molecule has 1 aromatic rings. The van der Waals surface area contributed by atoms with Crippen LogP contribution in [0.1, 0.15) is 22.3 Å². The lowest BCUT2D eigenvalue weighted by atomic mass is 10.1. The van der Waals surface area contributed by atoms with Crippen molar-refractivity contribution in [2.45, 2.75) is 13.3 Å². The Bertz CT molecular complexity index is 515. The van der Waals surface area contributed by atoms with Gasteiger partial charge in [-0.3, -0.25) is 4.79 Å². The van der Waals surface area contributed by atoms with E-state index in [4.69, 9.17) is 4.74 Å². The molecule has 2 rings (SSSR count). The van der Waals surface area contributed by atoms with Crippen LogP contribution in [-0.2, 0) is 9.53 Å². The molecule has 0 aromatic heterocycles. The van der Waals surface area contributed by atoms with Gasteiger partial charge < -0.3 is 9.64 Å². The van der Waals surface area contributed by atoms with Crippen LogP contribution in [0.3, 0.4) is 0 Å². The van der Waals surface area contributed by atoms with Gasteiger partial charge in [-0.05, 0) is 30.5 Å². The maximum absolute atomic E-state index is 12.0. The van der Waals surface area contributed by atoms with Crippen molar-refractivity contribution < 1.29 is 14.3 Å². The van der Waals surface area contributed by atoms with E-state index in [0.717, 1.165) is 16.6 Å². The molecule has 1 aliphatic rings. The van der Waals surface area contributed by atoms with Gasteiger partial charge in [-0.1, -0.05) is 22.0 Å². The Kier molecular flexibility index (Phi) is 4.24. The van der Waals surface area contributed by atoms with Crippen molar-refractivity contribution in [1.29, 1.82) is 0 Å². The molecule has 1 atom stereocenters. The number of carbonyl (C=O) groups excluding carboxylic acids is 2. The van der Waals surface area contributed by atoms with E-state index in [1.807, 2.05) is 13.0 Å². The molecule has 19 heavy (non-hydrogen) atoms. The van der Waals surface area contributed by atoms with Crippen LogP contribution in [0, 0.1) is 12.8 Å². The number of ether oxygens (including phenoxy) is 1. The molecule has 1 aromatic carbocycles. The number of halogens is 1. The molecular weight excluding hydrogens is 310 g/mol. The molecule has 1 aliphatic heterocycles. The first kappa shape index (κ1) is 14.1. The van der Waals surface area contributed by atoms with Gasteiger partial charge in [0.25, 0.3) is 0 Å². The first-order valence-corrected chi connectivity index (χ1v) is 7.25. The lowest BCUT2D eigenvalue weighted by molar-refractivity contribution is -0.117.